The third-order valence-corrected chi connectivity index (χ3v) is 4.00. The van der Waals surface area contributed by atoms with Crippen LogP contribution < -0.4 is 0 Å². The van der Waals surface area contributed by atoms with E-state index in [1.54, 1.807) is 0 Å². The Labute approximate surface area is 101 Å². The Morgan fingerprint density at radius 2 is 1.92 bits per heavy atom. The molecule has 0 bridgehead atoms. The zero-order chi connectivity index (χ0) is 10.1. The molecule has 0 fully saturated rings. The zero-order valence-corrected chi connectivity index (χ0v) is 12.7. The third kappa shape index (κ3) is 7.57. The molecule has 0 saturated heterocycles. The summed E-state index contributed by atoms with van der Waals surface area (Å²) in [5.74, 6) is 0. The van der Waals surface area contributed by atoms with Gasteiger partial charge in [0.05, 0.1) is 0 Å². The van der Waals surface area contributed by atoms with E-state index in [1.165, 1.54) is 12.8 Å². The van der Waals surface area contributed by atoms with Gasteiger partial charge in [-0.3, -0.25) is 0 Å². The molecule has 0 atom stereocenters. The Hall–Kier alpha value is 0.508. The van der Waals surface area contributed by atoms with Crippen LogP contribution in [0.1, 0.15) is 39.5 Å². The van der Waals surface area contributed by atoms with Crippen LogP contribution >= 0.6 is 12.2 Å². The number of thiocarbonyl (C=S) groups is 1. The molecule has 0 saturated carbocycles. The van der Waals surface area contributed by atoms with Crippen molar-refractivity contribution in [3.05, 3.63) is 0 Å². The topological polar surface area (TPSA) is 12.5 Å². The Morgan fingerprint density at radius 1 is 1.31 bits per heavy atom. The van der Waals surface area contributed by atoms with Crippen molar-refractivity contribution >= 4 is 40.7 Å². The molecule has 0 unspecified atom stereocenters. The summed E-state index contributed by atoms with van der Waals surface area (Å²) in [6, 6.07) is 0. The van der Waals surface area contributed by atoms with Crippen molar-refractivity contribution in [2.45, 2.75) is 39.5 Å². The van der Waals surface area contributed by atoms with E-state index in [1.807, 2.05) is 0 Å². The fraction of sp³-hybridized carbons (Fsp3) is 0.889. The Balaban J connectivity index is 3.45. The first-order chi connectivity index (χ1) is 6.22. The van der Waals surface area contributed by atoms with Gasteiger partial charge in [0.2, 0.25) is 0 Å². The van der Waals surface area contributed by atoms with Gasteiger partial charge in [0.25, 0.3) is 0 Å². The van der Waals surface area contributed by atoms with Crippen LogP contribution in [-0.2, 0) is 4.74 Å². The van der Waals surface area contributed by atoms with Crippen molar-refractivity contribution in [1.82, 2.24) is 3.06 Å². The predicted octanol–water partition coefficient (Wildman–Crippen LogP) is 1.74. The summed E-state index contributed by atoms with van der Waals surface area (Å²) in [5, 5.41) is 0.698. The number of nitrogens with zero attached hydrogens (tertiary/aromatic N) is 1. The molecule has 0 N–H and O–H groups in total. The van der Waals surface area contributed by atoms with Gasteiger partial charge in [0, 0.05) is 0 Å². The van der Waals surface area contributed by atoms with Gasteiger partial charge < -0.3 is 0 Å². The summed E-state index contributed by atoms with van der Waals surface area (Å²) < 4.78 is 7.57. The van der Waals surface area contributed by atoms with E-state index < -0.39 is 0 Å². The van der Waals surface area contributed by atoms with Crippen LogP contribution in [0.3, 0.4) is 0 Å². The summed E-state index contributed by atoms with van der Waals surface area (Å²) in [6.07, 6.45) is 4.69. The summed E-state index contributed by atoms with van der Waals surface area (Å²) in [7, 11) is 0. The van der Waals surface area contributed by atoms with E-state index in [9.17, 15) is 0 Å². The van der Waals surface area contributed by atoms with Crippen molar-refractivity contribution in [1.29, 1.82) is 0 Å². The van der Waals surface area contributed by atoms with Crippen molar-refractivity contribution < 1.29 is 4.74 Å². The molecule has 13 heavy (non-hydrogen) atoms. The molecule has 0 rings (SSSR count). The molecule has 0 aromatic rings. The SMILES string of the molecule is CCCCOC(=S)[N]([SbH2])CCCC. The normalized spacial score (nSPS) is 9.77. The summed E-state index contributed by atoms with van der Waals surface area (Å²) in [4.78, 5) is 0. The maximum atomic E-state index is 5.43. The number of ether oxygens (including phenoxy) is 1. The second-order valence-corrected chi connectivity index (χ2v) is 5.14. The van der Waals surface area contributed by atoms with Gasteiger partial charge in [0.1, 0.15) is 0 Å². The number of hydrogen-bond acceptors (Lipinski definition) is 2. The summed E-state index contributed by atoms with van der Waals surface area (Å²) in [6.45, 7) is 6.18. The first kappa shape index (κ1) is 13.5. The second kappa shape index (κ2) is 9.08. The van der Waals surface area contributed by atoms with Gasteiger partial charge in [-0.15, -0.1) is 0 Å². The van der Waals surface area contributed by atoms with E-state index >= 15 is 0 Å². The zero-order valence-electron chi connectivity index (χ0n) is 8.58. The molecule has 0 aromatic heterocycles. The minimum absolute atomic E-state index is 0.698. The third-order valence-electron chi connectivity index (χ3n) is 1.71. The van der Waals surface area contributed by atoms with Crippen LogP contribution in [0.2, 0.25) is 0 Å². The van der Waals surface area contributed by atoms with Crippen LogP contribution in [0.4, 0.5) is 0 Å². The summed E-state index contributed by atoms with van der Waals surface area (Å²) >= 11 is 6.18. The predicted molar refractivity (Wildman–Crippen MR) is 63.6 cm³/mol. The van der Waals surface area contributed by atoms with Gasteiger partial charge in [-0.25, -0.2) is 0 Å². The van der Waals surface area contributed by atoms with Crippen molar-refractivity contribution in [3.63, 3.8) is 0 Å². The number of unbranched alkanes of at least 4 members (excludes halogenated alkanes) is 2. The van der Waals surface area contributed by atoms with E-state index in [-0.39, 0.29) is 0 Å². The molecular weight excluding hydrogens is 292 g/mol. The maximum absolute atomic E-state index is 5.43. The molecule has 78 valence electrons. The van der Waals surface area contributed by atoms with E-state index in [0.29, 0.717) is 5.17 Å². The van der Waals surface area contributed by atoms with Gasteiger partial charge in [-0.1, -0.05) is 0 Å². The first-order valence-corrected chi connectivity index (χ1v) is 6.79. The monoisotopic (exact) mass is 311 g/mol. The standard InChI is InChI=1S/C9H19NOS.Sb.2H/c1-3-5-7-10-9(12)11-8-6-4-2;;;/h3-8H2,1-2H3,(H,10,12);;;/q;+1;;/p-1. The molecule has 0 aliphatic heterocycles. The molecule has 2 nitrogen and oxygen atoms in total. The van der Waals surface area contributed by atoms with Crippen LogP contribution in [-0.4, -0.2) is 44.7 Å². The van der Waals surface area contributed by atoms with E-state index in [2.05, 4.69) is 16.9 Å². The Kier molecular flexibility index (Phi) is 9.43. The van der Waals surface area contributed by atoms with Gasteiger partial charge in [-0.2, -0.15) is 0 Å². The quantitative estimate of drug-likeness (QED) is 0.421. The Morgan fingerprint density at radius 3 is 2.46 bits per heavy atom. The molecule has 4 heteroatoms. The molecule has 0 aliphatic rings. The van der Waals surface area contributed by atoms with Gasteiger partial charge in [0.15, 0.2) is 0 Å². The van der Waals surface area contributed by atoms with Gasteiger partial charge >= 0.3 is 101 Å². The average Bonchev–Trinajstić information content (AvgIpc) is 2.14. The molecule has 0 spiro atoms. The molecule has 0 heterocycles. The number of rotatable bonds is 6. The molecule has 0 radical (unpaired) electrons. The molecule has 0 amide bonds. The van der Waals surface area contributed by atoms with Crippen molar-refractivity contribution in [2.75, 3.05) is 13.2 Å². The second-order valence-electron chi connectivity index (χ2n) is 3.01. The number of hydrogen-bond donors (Lipinski definition) is 0. The van der Waals surface area contributed by atoms with Crippen LogP contribution in [0.25, 0.3) is 0 Å². The minimum atomic E-state index is 0.698. The van der Waals surface area contributed by atoms with Crippen LogP contribution in [0.15, 0.2) is 0 Å². The van der Waals surface area contributed by atoms with Crippen LogP contribution in [0.5, 0.6) is 0 Å². The molecule has 0 aromatic carbocycles. The summed E-state index contributed by atoms with van der Waals surface area (Å²) in [5.41, 5.74) is 0. The fourth-order valence-electron chi connectivity index (χ4n) is 0.806. The average molecular weight is 312 g/mol. The first-order valence-electron chi connectivity index (χ1n) is 4.91. The van der Waals surface area contributed by atoms with Crippen molar-refractivity contribution in [3.8, 4) is 0 Å². The van der Waals surface area contributed by atoms with E-state index in [0.717, 1.165) is 49.3 Å². The molecule has 0 aliphatic carbocycles. The van der Waals surface area contributed by atoms with Gasteiger partial charge in [-0.05, 0) is 0 Å². The van der Waals surface area contributed by atoms with Crippen LogP contribution in [0, 0.1) is 0 Å². The molecular formula is C9H20NOSSb. The van der Waals surface area contributed by atoms with Crippen molar-refractivity contribution in [2.24, 2.45) is 0 Å². The fourth-order valence-corrected chi connectivity index (χ4v) is 1.71. The van der Waals surface area contributed by atoms with E-state index in [4.69, 9.17) is 17.0 Å². The Bertz CT molecular complexity index is 144.